The van der Waals surface area contributed by atoms with E-state index in [4.69, 9.17) is 0 Å². The summed E-state index contributed by atoms with van der Waals surface area (Å²) in [5, 5.41) is 8.23. The number of aryl methyl sites for hydroxylation is 2. The second-order valence-electron chi connectivity index (χ2n) is 12.7. The van der Waals surface area contributed by atoms with Crippen molar-refractivity contribution < 1.29 is 25.8 Å². The van der Waals surface area contributed by atoms with Crippen LogP contribution in [0.4, 0.5) is 0 Å². The number of para-hydroxylation sites is 2. The number of fused-ring (bicyclic) bond motifs is 8. The Morgan fingerprint density at radius 1 is 0.444 bits per heavy atom. The van der Waals surface area contributed by atoms with Crippen LogP contribution in [0.15, 0.2) is 121 Å². The molecule has 0 unspecified atom stereocenters. The maximum atomic E-state index is 2.50. The molecule has 0 saturated carbocycles. The van der Waals surface area contributed by atoms with E-state index in [9.17, 15) is 0 Å². The summed E-state index contributed by atoms with van der Waals surface area (Å²) < 4.78 is 5.01. The van der Waals surface area contributed by atoms with Crippen molar-refractivity contribution in [1.29, 1.82) is 0 Å². The molecule has 6 aromatic carbocycles. The SMILES string of the molecule is [Hf].c1ccc2[cH-]c(-n3c4c(c5ccccc53)CCCC4)cc2c1.c1ccc2[cH-]c(-n3c4c(c5ccccc53)CCCC4)cc2c1. The van der Waals surface area contributed by atoms with Crippen molar-refractivity contribution in [2.24, 2.45) is 0 Å². The number of nitrogens with zero attached hydrogens (tertiary/aromatic N) is 2. The molecule has 2 aromatic heterocycles. The van der Waals surface area contributed by atoms with Gasteiger partial charge in [0.2, 0.25) is 0 Å². The average Bonchev–Trinajstić information content (AvgIpc) is 3.85. The van der Waals surface area contributed by atoms with E-state index in [1.807, 2.05) is 0 Å². The largest absolute Gasteiger partial charge is 0.332 e. The van der Waals surface area contributed by atoms with Crippen LogP contribution >= 0.6 is 0 Å². The molecule has 45 heavy (non-hydrogen) atoms. The van der Waals surface area contributed by atoms with Crippen LogP contribution in [0.5, 0.6) is 0 Å². The van der Waals surface area contributed by atoms with Gasteiger partial charge in [0.1, 0.15) is 0 Å². The van der Waals surface area contributed by atoms with E-state index in [0.717, 1.165) is 0 Å². The van der Waals surface area contributed by atoms with Crippen LogP contribution in [0.1, 0.15) is 48.2 Å². The minimum atomic E-state index is 0. The Balaban J connectivity index is 0.000000131. The van der Waals surface area contributed by atoms with Crippen LogP contribution in [0, 0.1) is 0 Å². The third-order valence-corrected chi connectivity index (χ3v) is 10.1. The van der Waals surface area contributed by atoms with Crippen LogP contribution in [0.3, 0.4) is 0 Å². The standard InChI is InChI=1S/2C21H18N.Hf/c2*1-2-8-16-14-17(13-15(16)7-1)22-20-11-5-3-9-18(20)19-10-4-6-12-21(19)22;/h2*1-3,5,7-9,11,13-14H,4,6,10,12H2;/q2*-1;. The maximum absolute atomic E-state index is 2.50. The van der Waals surface area contributed by atoms with Crippen molar-refractivity contribution in [2.75, 3.05) is 0 Å². The average molecular weight is 747 g/mol. The fourth-order valence-electron chi connectivity index (χ4n) is 8.11. The molecule has 220 valence electrons. The van der Waals surface area contributed by atoms with Gasteiger partial charge in [0.25, 0.3) is 0 Å². The van der Waals surface area contributed by atoms with E-state index in [0.29, 0.717) is 0 Å². The van der Waals surface area contributed by atoms with Gasteiger partial charge in [-0.3, -0.25) is 0 Å². The molecule has 10 rings (SSSR count). The first-order chi connectivity index (χ1) is 21.8. The van der Waals surface area contributed by atoms with Crippen LogP contribution in [-0.4, -0.2) is 9.13 Å². The van der Waals surface area contributed by atoms with E-state index in [-0.39, 0.29) is 25.8 Å². The quantitative estimate of drug-likeness (QED) is 0.123. The van der Waals surface area contributed by atoms with Gasteiger partial charge < -0.3 is 9.13 Å². The number of hydrogen-bond donors (Lipinski definition) is 0. The summed E-state index contributed by atoms with van der Waals surface area (Å²) in [6.07, 6.45) is 10.1. The molecule has 2 aliphatic carbocycles. The predicted molar refractivity (Wildman–Crippen MR) is 186 cm³/mol. The van der Waals surface area contributed by atoms with Crippen LogP contribution in [0.25, 0.3) is 54.7 Å². The molecule has 0 N–H and O–H groups in total. The number of aromatic nitrogens is 2. The van der Waals surface area contributed by atoms with Crippen molar-refractivity contribution >= 4 is 43.4 Å². The zero-order chi connectivity index (χ0) is 29.0. The summed E-state index contributed by atoms with van der Waals surface area (Å²) in [4.78, 5) is 0. The Kier molecular flexibility index (Phi) is 7.46. The Bertz CT molecular complexity index is 2070. The summed E-state index contributed by atoms with van der Waals surface area (Å²) in [6.45, 7) is 0. The molecule has 2 nitrogen and oxygen atoms in total. The first-order valence-corrected chi connectivity index (χ1v) is 16.4. The molecule has 3 heteroatoms. The van der Waals surface area contributed by atoms with E-state index >= 15 is 0 Å². The van der Waals surface area contributed by atoms with Gasteiger partial charge >= 0.3 is 0 Å². The van der Waals surface area contributed by atoms with Gasteiger partial charge in [-0.25, -0.2) is 0 Å². The van der Waals surface area contributed by atoms with E-state index in [2.05, 4.69) is 130 Å². The molecule has 2 aliphatic rings. The van der Waals surface area contributed by atoms with Gasteiger partial charge in [0, 0.05) is 48.0 Å². The molecule has 0 saturated heterocycles. The van der Waals surface area contributed by atoms with Gasteiger partial charge in [0.05, 0.1) is 11.0 Å². The molecule has 0 radical (unpaired) electrons. The summed E-state index contributed by atoms with van der Waals surface area (Å²) in [7, 11) is 0. The summed E-state index contributed by atoms with van der Waals surface area (Å²) in [5.41, 5.74) is 11.6. The number of rotatable bonds is 2. The molecule has 2 heterocycles. The van der Waals surface area contributed by atoms with Crippen molar-refractivity contribution in [1.82, 2.24) is 9.13 Å². The van der Waals surface area contributed by atoms with Crippen molar-refractivity contribution in [2.45, 2.75) is 51.4 Å². The monoisotopic (exact) mass is 748 g/mol. The second kappa shape index (κ2) is 11.8. The summed E-state index contributed by atoms with van der Waals surface area (Å²) in [6, 6.07) is 44.4. The Morgan fingerprint density at radius 2 is 0.844 bits per heavy atom. The third kappa shape index (κ3) is 4.79. The first-order valence-electron chi connectivity index (χ1n) is 16.4. The molecule has 0 atom stereocenters. The fraction of sp³-hybridized carbons (Fsp3) is 0.190. The van der Waals surface area contributed by atoms with Gasteiger partial charge in [-0.2, -0.15) is 0 Å². The summed E-state index contributed by atoms with van der Waals surface area (Å²) in [5.74, 6) is 0. The van der Waals surface area contributed by atoms with E-state index in [1.165, 1.54) is 117 Å². The normalized spacial score (nSPS) is 14.2. The molecule has 8 aromatic rings. The summed E-state index contributed by atoms with van der Waals surface area (Å²) >= 11 is 0. The zero-order valence-corrected chi connectivity index (χ0v) is 29.2. The van der Waals surface area contributed by atoms with Gasteiger partial charge in [0.15, 0.2) is 0 Å². The van der Waals surface area contributed by atoms with Crippen LogP contribution in [-0.2, 0) is 51.5 Å². The van der Waals surface area contributed by atoms with Crippen LogP contribution in [0.2, 0.25) is 0 Å². The molecule has 0 amide bonds. The van der Waals surface area contributed by atoms with E-state index in [1.54, 1.807) is 11.1 Å². The topological polar surface area (TPSA) is 9.86 Å². The van der Waals surface area contributed by atoms with Crippen molar-refractivity contribution in [3.8, 4) is 11.4 Å². The predicted octanol–water partition coefficient (Wildman–Crippen LogP) is 10.8. The zero-order valence-electron chi connectivity index (χ0n) is 25.6. The maximum Gasteiger partial charge on any atom is 0.0516 e. The van der Waals surface area contributed by atoms with Crippen LogP contribution < -0.4 is 0 Å². The van der Waals surface area contributed by atoms with Crippen molar-refractivity contribution in [3.05, 3.63) is 144 Å². The smallest absolute Gasteiger partial charge is 0.0516 e. The third-order valence-electron chi connectivity index (χ3n) is 10.1. The fourth-order valence-corrected chi connectivity index (χ4v) is 8.11. The molecule has 0 fully saturated rings. The Morgan fingerprint density at radius 3 is 1.31 bits per heavy atom. The Labute approximate surface area is 283 Å². The minimum absolute atomic E-state index is 0. The van der Waals surface area contributed by atoms with Crippen molar-refractivity contribution in [3.63, 3.8) is 0 Å². The molecule has 0 bridgehead atoms. The van der Waals surface area contributed by atoms with Gasteiger partial charge in [-0.15, -0.1) is 82.2 Å². The molecule has 0 aliphatic heterocycles. The van der Waals surface area contributed by atoms with Gasteiger partial charge in [-0.05, 0) is 86.0 Å². The molecule has 0 spiro atoms. The second-order valence-corrected chi connectivity index (χ2v) is 12.7. The number of benzene rings is 4. The molecular weight excluding hydrogens is 711 g/mol. The number of hydrogen-bond acceptors (Lipinski definition) is 0. The minimum Gasteiger partial charge on any atom is -0.332 e. The van der Waals surface area contributed by atoms with Gasteiger partial charge in [-0.1, -0.05) is 48.5 Å². The first kappa shape index (κ1) is 28.5. The van der Waals surface area contributed by atoms with E-state index < -0.39 is 0 Å². The Hall–Kier alpha value is -3.95. The molecular formula is C42H36HfN2-2.